The van der Waals surface area contributed by atoms with E-state index in [1.165, 1.54) is 15.2 Å². The van der Waals surface area contributed by atoms with Gasteiger partial charge in [0.05, 0.1) is 18.0 Å². The first kappa shape index (κ1) is 29.3. The Hall–Kier alpha value is -2.65. The lowest BCUT2D eigenvalue weighted by Crippen LogP contribution is -2.44. The smallest absolute Gasteiger partial charge is 0.183 e. The summed E-state index contributed by atoms with van der Waals surface area (Å²) >= 11 is 2.02. The van der Waals surface area contributed by atoms with Gasteiger partial charge in [-0.2, -0.15) is 0 Å². The van der Waals surface area contributed by atoms with Gasteiger partial charge in [-0.15, -0.1) is 0 Å². The van der Waals surface area contributed by atoms with Gasteiger partial charge in [-0.1, -0.05) is 13.8 Å². The molecule has 2 unspecified atom stereocenters. The van der Waals surface area contributed by atoms with Crippen LogP contribution in [0.2, 0.25) is 0 Å². The summed E-state index contributed by atoms with van der Waals surface area (Å²) in [6, 6.07) is 2.46. The van der Waals surface area contributed by atoms with Crippen LogP contribution in [0, 0.1) is 22.9 Å². The van der Waals surface area contributed by atoms with E-state index in [1.54, 1.807) is 27.3 Å². The molecular formula is C26H29F3IN7OS. The number of carbonyl (C=O) groups is 1. The van der Waals surface area contributed by atoms with Crippen LogP contribution in [0.15, 0.2) is 37.1 Å². The highest BCUT2D eigenvalue weighted by Gasteiger charge is 2.34. The third kappa shape index (κ3) is 6.92. The van der Waals surface area contributed by atoms with Gasteiger partial charge in [0.1, 0.15) is 11.5 Å². The summed E-state index contributed by atoms with van der Waals surface area (Å²) in [7, 11) is 5.00. The molecule has 0 bridgehead atoms. The van der Waals surface area contributed by atoms with Crippen molar-refractivity contribution in [3.05, 3.63) is 60.2 Å². The number of benzene rings is 1. The maximum Gasteiger partial charge on any atom is 0.183 e. The number of anilines is 1. The fourth-order valence-electron chi connectivity index (χ4n) is 5.02. The highest BCUT2D eigenvalue weighted by Crippen LogP contribution is 2.38. The summed E-state index contributed by atoms with van der Waals surface area (Å²) in [5.74, 6) is -1.61. The van der Waals surface area contributed by atoms with E-state index < -0.39 is 17.5 Å². The Morgan fingerprint density at radius 3 is 2.49 bits per heavy atom. The molecule has 0 radical (unpaired) electrons. The van der Waals surface area contributed by atoms with Crippen LogP contribution < -0.4 is 10.6 Å². The maximum atomic E-state index is 14.6. The molecule has 3 heterocycles. The van der Waals surface area contributed by atoms with Crippen LogP contribution in [0.4, 0.5) is 19.0 Å². The van der Waals surface area contributed by atoms with E-state index in [2.05, 4.69) is 39.4 Å². The molecule has 4 aromatic rings. The largest absolute Gasteiger partial charge is 0.365 e. The van der Waals surface area contributed by atoms with Gasteiger partial charge in [0.2, 0.25) is 0 Å². The minimum atomic E-state index is -0.689. The fourth-order valence-corrected chi connectivity index (χ4v) is 6.35. The Labute approximate surface area is 240 Å². The molecule has 1 fully saturated rings. The summed E-state index contributed by atoms with van der Waals surface area (Å²) in [5.41, 5.74) is 1.27. The molecule has 8 nitrogen and oxygen atoms in total. The predicted octanol–water partition coefficient (Wildman–Crippen LogP) is 6.17. The number of nitrogens with zero attached hydrogens (tertiary/aromatic N) is 5. The second-order valence-corrected chi connectivity index (χ2v) is 12.0. The Bertz CT molecular complexity index is 1480. The lowest BCUT2D eigenvalue weighted by Gasteiger charge is -2.40. The van der Waals surface area contributed by atoms with Crippen LogP contribution in [0.5, 0.6) is 0 Å². The lowest BCUT2D eigenvalue weighted by atomic mass is 9.73. The average molecular weight is 672 g/mol. The van der Waals surface area contributed by atoms with Gasteiger partial charge in [-0.05, 0) is 37.8 Å². The second kappa shape index (κ2) is 12.3. The number of hydrogen-bond donors (Lipinski definition) is 2. The minimum absolute atomic E-state index is 0.0413. The van der Waals surface area contributed by atoms with Crippen LogP contribution in [0.25, 0.3) is 22.3 Å². The van der Waals surface area contributed by atoms with E-state index >= 15 is 0 Å². The van der Waals surface area contributed by atoms with Gasteiger partial charge < -0.3 is 15.2 Å². The Kier molecular flexibility index (Phi) is 9.21. The zero-order valence-corrected chi connectivity index (χ0v) is 24.9. The third-order valence-electron chi connectivity index (χ3n) is 6.61. The molecule has 208 valence electrons. The number of halogens is 4. The number of imidazole rings is 1. The minimum Gasteiger partial charge on any atom is -0.365 e. The highest BCUT2D eigenvalue weighted by molar-refractivity contribution is 14.2. The maximum absolute atomic E-state index is 14.6. The third-order valence-corrected chi connectivity index (χ3v) is 8.32. The number of fused-ring (bicyclic) bond motifs is 1. The monoisotopic (exact) mass is 671 g/mol. The summed E-state index contributed by atoms with van der Waals surface area (Å²) < 4.78 is 46.2. The first-order valence-electron chi connectivity index (χ1n) is 12.2. The van der Waals surface area contributed by atoms with Crippen molar-refractivity contribution in [2.45, 2.75) is 45.2 Å². The highest BCUT2D eigenvalue weighted by atomic mass is 127. The normalized spacial score (nSPS) is 18.5. The van der Waals surface area contributed by atoms with Crippen LogP contribution >= 0.6 is 30.3 Å². The van der Waals surface area contributed by atoms with Gasteiger partial charge in [0, 0.05) is 78.9 Å². The second-order valence-electron chi connectivity index (χ2n) is 10.3. The summed E-state index contributed by atoms with van der Waals surface area (Å²) in [6.45, 7) is 4.40. The molecule has 0 spiro atoms. The molecule has 1 aromatic carbocycles. The van der Waals surface area contributed by atoms with Crippen molar-refractivity contribution < 1.29 is 18.0 Å². The molecule has 0 amide bonds. The number of hydrogen-bond acceptors (Lipinski definition) is 7. The van der Waals surface area contributed by atoms with Gasteiger partial charge in [-0.25, -0.2) is 28.1 Å². The molecule has 0 aliphatic heterocycles. The fraction of sp³-hybridized carbons (Fsp3) is 0.385. The zero-order chi connectivity index (χ0) is 28.3. The van der Waals surface area contributed by atoms with Crippen molar-refractivity contribution in [3.8, 4) is 11.4 Å². The van der Waals surface area contributed by atoms with Crippen molar-refractivity contribution in [1.82, 2.24) is 28.8 Å². The Balaban J connectivity index is 0.000000379. The molecule has 1 aliphatic rings. The molecule has 39 heavy (non-hydrogen) atoms. The van der Waals surface area contributed by atoms with Crippen molar-refractivity contribution in [2.75, 3.05) is 12.4 Å². The molecular weight excluding hydrogens is 642 g/mol. The number of aldehydes is 1. The van der Waals surface area contributed by atoms with E-state index in [4.69, 9.17) is 0 Å². The van der Waals surface area contributed by atoms with E-state index in [1.807, 2.05) is 35.3 Å². The van der Waals surface area contributed by atoms with Crippen LogP contribution in [0.3, 0.4) is 0 Å². The van der Waals surface area contributed by atoms with Crippen molar-refractivity contribution >= 4 is 53.3 Å². The SMILES string of the molecule is CNC1CC(Nc2nc(-c3cn(SI)c4c(F)cc(F)cc34)ncc2F)CC(C)(C)C1.Cn1cnc(C=O)c1. The Morgan fingerprint density at radius 2 is 1.87 bits per heavy atom. The standard InChI is InChI=1S/C21H23F3IN5S.C5H6N2O/c1-21(2)7-12(26-3)6-13(8-21)28-20-17(24)9-27-19(29-20)15-10-30(31-25)18-14(15)4-11(22)5-16(18)23;1-7-2-5(3-8)6-4-7/h4-5,9-10,12-13,26H,6-8H2,1-3H3,(H,27,28,29);2-4H,1H3. The first-order chi connectivity index (χ1) is 18.5. The molecule has 2 atom stereocenters. The summed E-state index contributed by atoms with van der Waals surface area (Å²) in [6.07, 6.45) is 9.48. The average Bonchev–Trinajstić information content (AvgIpc) is 3.48. The van der Waals surface area contributed by atoms with Gasteiger partial charge in [-0.3, -0.25) is 8.77 Å². The number of rotatable bonds is 6. The molecule has 2 N–H and O–H groups in total. The topological polar surface area (TPSA) is 89.7 Å². The van der Waals surface area contributed by atoms with Crippen LogP contribution in [-0.4, -0.2) is 48.9 Å². The number of carbonyl (C=O) groups excluding carboxylic acids is 1. The van der Waals surface area contributed by atoms with Crippen LogP contribution in [-0.2, 0) is 7.05 Å². The number of aromatic nitrogens is 5. The zero-order valence-electron chi connectivity index (χ0n) is 21.9. The molecule has 5 rings (SSSR count). The first-order valence-corrected chi connectivity index (χ1v) is 15.5. The Morgan fingerprint density at radius 1 is 1.13 bits per heavy atom. The molecule has 1 saturated carbocycles. The quantitative estimate of drug-likeness (QED) is 0.187. The van der Waals surface area contributed by atoms with Gasteiger partial charge in [0.25, 0.3) is 0 Å². The van der Waals surface area contributed by atoms with Crippen molar-refractivity contribution in [2.24, 2.45) is 12.5 Å². The molecule has 0 saturated heterocycles. The van der Waals surface area contributed by atoms with Gasteiger partial charge >= 0.3 is 0 Å². The summed E-state index contributed by atoms with van der Waals surface area (Å²) in [4.78, 5) is 22.2. The van der Waals surface area contributed by atoms with E-state index in [0.29, 0.717) is 22.7 Å². The van der Waals surface area contributed by atoms with E-state index in [0.717, 1.165) is 37.8 Å². The van der Waals surface area contributed by atoms with Gasteiger partial charge in [0.15, 0.2) is 29.6 Å². The van der Waals surface area contributed by atoms with Crippen molar-refractivity contribution in [3.63, 3.8) is 0 Å². The number of nitrogens with one attached hydrogen (secondary N) is 2. The number of aryl methyl sites for hydroxylation is 1. The predicted molar refractivity (Wildman–Crippen MR) is 156 cm³/mol. The van der Waals surface area contributed by atoms with Crippen molar-refractivity contribution in [1.29, 1.82) is 0 Å². The van der Waals surface area contributed by atoms with E-state index in [-0.39, 0.29) is 28.6 Å². The summed E-state index contributed by atoms with van der Waals surface area (Å²) in [5, 5.41) is 6.91. The molecule has 13 heteroatoms. The van der Waals surface area contributed by atoms with E-state index in [9.17, 15) is 18.0 Å². The lowest BCUT2D eigenvalue weighted by molar-refractivity contribution is 0.111. The molecule has 3 aromatic heterocycles. The molecule has 1 aliphatic carbocycles. The van der Waals surface area contributed by atoms with Crippen LogP contribution in [0.1, 0.15) is 43.6 Å².